The summed E-state index contributed by atoms with van der Waals surface area (Å²) in [6.07, 6.45) is 0. The molecule has 0 amide bonds. The van der Waals surface area contributed by atoms with E-state index in [2.05, 4.69) is 21.2 Å². The van der Waals surface area contributed by atoms with E-state index in [4.69, 9.17) is 37.8 Å². The van der Waals surface area contributed by atoms with Crippen LogP contribution in [0.5, 0.6) is 11.5 Å². The predicted octanol–water partition coefficient (Wildman–Crippen LogP) is 6.33. The number of hydrogen-bond acceptors (Lipinski definition) is 4. The molecule has 3 rings (SSSR count). The van der Waals surface area contributed by atoms with Gasteiger partial charge in [0.1, 0.15) is 6.61 Å². The van der Waals surface area contributed by atoms with Gasteiger partial charge in [-0.3, -0.25) is 0 Å². The van der Waals surface area contributed by atoms with Crippen LogP contribution in [0.15, 0.2) is 59.1 Å². The second-order valence-electron chi connectivity index (χ2n) is 6.70. The van der Waals surface area contributed by atoms with Crippen LogP contribution in [0.2, 0.25) is 10.0 Å². The summed E-state index contributed by atoms with van der Waals surface area (Å²) in [5, 5.41) is 13.3. The average molecular weight is 525 g/mol. The first-order valence-corrected chi connectivity index (χ1v) is 10.9. The zero-order chi connectivity index (χ0) is 22.4. The number of methoxy groups -OCH3 is 1. The van der Waals surface area contributed by atoms with Crippen LogP contribution in [0.3, 0.4) is 0 Å². The van der Waals surface area contributed by atoms with E-state index in [-0.39, 0.29) is 5.56 Å². The largest absolute Gasteiger partial charge is 0.493 e. The number of hydrogen-bond donors (Lipinski definition) is 2. The number of ether oxygens (including phenoxy) is 2. The van der Waals surface area contributed by atoms with Gasteiger partial charge >= 0.3 is 5.97 Å². The highest BCUT2D eigenvalue weighted by Crippen LogP contribution is 2.37. The van der Waals surface area contributed by atoms with Crippen molar-refractivity contribution in [1.82, 2.24) is 5.32 Å². The van der Waals surface area contributed by atoms with E-state index in [9.17, 15) is 4.79 Å². The van der Waals surface area contributed by atoms with Crippen LogP contribution in [-0.4, -0.2) is 18.2 Å². The van der Waals surface area contributed by atoms with E-state index >= 15 is 0 Å². The fourth-order valence-corrected chi connectivity index (χ4v) is 3.72. The first-order valence-electron chi connectivity index (χ1n) is 9.34. The Balaban J connectivity index is 1.72. The van der Waals surface area contributed by atoms with Crippen LogP contribution in [0, 0.1) is 0 Å². The summed E-state index contributed by atoms with van der Waals surface area (Å²) in [6.45, 7) is 1.37. The molecule has 5 nitrogen and oxygen atoms in total. The maximum absolute atomic E-state index is 11.0. The lowest BCUT2D eigenvalue weighted by Gasteiger charge is -2.17. The molecular weight excluding hydrogens is 505 g/mol. The Labute approximate surface area is 199 Å². The summed E-state index contributed by atoms with van der Waals surface area (Å²) < 4.78 is 12.5. The Morgan fingerprint density at radius 3 is 2.35 bits per heavy atom. The zero-order valence-electron chi connectivity index (χ0n) is 16.6. The maximum atomic E-state index is 11.0. The smallest absolute Gasteiger partial charge is 0.335 e. The average Bonchev–Trinajstić information content (AvgIpc) is 2.76. The van der Waals surface area contributed by atoms with Gasteiger partial charge in [0.2, 0.25) is 0 Å². The van der Waals surface area contributed by atoms with Crippen molar-refractivity contribution in [3.8, 4) is 11.5 Å². The molecular formula is C23H20BrCl2NO4. The van der Waals surface area contributed by atoms with Crippen LogP contribution < -0.4 is 14.8 Å². The van der Waals surface area contributed by atoms with Gasteiger partial charge < -0.3 is 19.9 Å². The van der Waals surface area contributed by atoms with Gasteiger partial charge in [-0.05, 0) is 47.5 Å². The molecule has 162 valence electrons. The molecule has 0 heterocycles. The second kappa shape index (κ2) is 10.9. The van der Waals surface area contributed by atoms with Crippen molar-refractivity contribution < 1.29 is 19.4 Å². The molecule has 0 spiro atoms. The summed E-state index contributed by atoms with van der Waals surface area (Å²) in [5.41, 5.74) is 3.02. The minimum absolute atomic E-state index is 0.261. The van der Waals surface area contributed by atoms with E-state index < -0.39 is 5.97 Å². The second-order valence-corrected chi connectivity index (χ2v) is 8.37. The third-order valence-corrected chi connectivity index (χ3v) is 6.07. The standard InChI is InChI=1S/C23H20BrCl2NO4/c1-30-21-9-7-18(24)17(12-27-11-14-2-5-16(6-3-14)23(28)29)22(21)31-13-15-4-8-19(25)20(26)10-15/h2-10,27H,11-13H2,1H3,(H,28,29). The number of benzene rings is 3. The molecule has 0 aliphatic rings. The van der Waals surface area contributed by atoms with Gasteiger partial charge in [0.15, 0.2) is 11.5 Å². The number of halogens is 3. The topological polar surface area (TPSA) is 67.8 Å². The predicted molar refractivity (Wildman–Crippen MR) is 125 cm³/mol. The van der Waals surface area contributed by atoms with Crippen LogP contribution in [0.1, 0.15) is 27.0 Å². The zero-order valence-corrected chi connectivity index (χ0v) is 19.7. The van der Waals surface area contributed by atoms with Crippen molar-refractivity contribution >= 4 is 45.1 Å². The third-order valence-electron chi connectivity index (χ3n) is 4.59. The molecule has 0 saturated heterocycles. The Hall–Kier alpha value is -2.25. The van der Waals surface area contributed by atoms with Crippen molar-refractivity contribution in [2.24, 2.45) is 0 Å². The number of carbonyl (C=O) groups is 1. The van der Waals surface area contributed by atoms with Gasteiger partial charge in [-0.25, -0.2) is 4.79 Å². The fourth-order valence-electron chi connectivity index (χ4n) is 2.95. The SMILES string of the molecule is COc1ccc(Br)c(CNCc2ccc(C(=O)O)cc2)c1OCc1ccc(Cl)c(Cl)c1. The lowest BCUT2D eigenvalue weighted by molar-refractivity contribution is 0.0697. The van der Waals surface area contributed by atoms with Gasteiger partial charge in [-0.15, -0.1) is 0 Å². The summed E-state index contributed by atoms with van der Waals surface area (Å²) in [6, 6.07) is 15.9. The first kappa shape index (κ1) is 23.4. The molecule has 0 aromatic heterocycles. The minimum atomic E-state index is -0.941. The highest BCUT2D eigenvalue weighted by molar-refractivity contribution is 9.10. The number of aromatic carboxylic acids is 1. The Morgan fingerprint density at radius 1 is 1.00 bits per heavy atom. The molecule has 0 fully saturated rings. The van der Waals surface area contributed by atoms with Crippen molar-refractivity contribution in [1.29, 1.82) is 0 Å². The number of nitrogens with one attached hydrogen (secondary N) is 1. The van der Waals surface area contributed by atoms with Gasteiger partial charge in [-0.2, -0.15) is 0 Å². The van der Waals surface area contributed by atoms with Crippen LogP contribution in [0.25, 0.3) is 0 Å². The highest BCUT2D eigenvalue weighted by atomic mass is 79.9. The monoisotopic (exact) mass is 523 g/mol. The summed E-state index contributed by atoms with van der Waals surface area (Å²) in [7, 11) is 1.59. The number of carboxylic acid groups (broad SMARTS) is 1. The molecule has 0 saturated carbocycles. The van der Waals surface area contributed by atoms with Crippen molar-refractivity contribution in [3.63, 3.8) is 0 Å². The quantitative estimate of drug-likeness (QED) is 0.342. The minimum Gasteiger partial charge on any atom is -0.493 e. The third kappa shape index (κ3) is 6.14. The summed E-state index contributed by atoms with van der Waals surface area (Å²) in [4.78, 5) is 11.0. The molecule has 31 heavy (non-hydrogen) atoms. The van der Waals surface area contributed by atoms with Gasteiger partial charge in [0, 0.05) is 23.1 Å². The van der Waals surface area contributed by atoms with E-state index in [0.29, 0.717) is 41.2 Å². The fraction of sp³-hybridized carbons (Fsp3) is 0.174. The highest BCUT2D eigenvalue weighted by Gasteiger charge is 2.15. The molecule has 0 bridgehead atoms. The summed E-state index contributed by atoms with van der Waals surface area (Å²) >= 11 is 15.7. The van der Waals surface area contributed by atoms with E-state index in [0.717, 1.165) is 21.2 Å². The number of rotatable bonds is 9. The van der Waals surface area contributed by atoms with Crippen molar-refractivity contribution in [2.75, 3.05) is 7.11 Å². The lowest BCUT2D eigenvalue weighted by Crippen LogP contribution is -2.15. The van der Waals surface area contributed by atoms with E-state index in [1.54, 1.807) is 43.5 Å². The molecule has 0 aliphatic heterocycles. The molecule has 3 aromatic rings. The molecule has 2 N–H and O–H groups in total. The van der Waals surface area contributed by atoms with Gasteiger partial charge in [0.25, 0.3) is 0 Å². The van der Waals surface area contributed by atoms with Crippen LogP contribution >= 0.6 is 39.1 Å². The van der Waals surface area contributed by atoms with Crippen molar-refractivity contribution in [2.45, 2.75) is 19.7 Å². The van der Waals surface area contributed by atoms with Gasteiger partial charge in [-0.1, -0.05) is 57.3 Å². The molecule has 0 unspecified atom stereocenters. The Kier molecular flexibility index (Phi) is 8.21. The summed E-state index contributed by atoms with van der Waals surface area (Å²) in [5.74, 6) is 0.297. The molecule has 0 aliphatic carbocycles. The number of carboxylic acids is 1. The van der Waals surface area contributed by atoms with E-state index in [1.165, 1.54) is 0 Å². The molecule has 3 aromatic carbocycles. The molecule has 0 atom stereocenters. The maximum Gasteiger partial charge on any atom is 0.335 e. The van der Waals surface area contributed by atoms with E-state index in [1.807, 2.05) is 18.2 Å². The van der Waals surface area contributed by atoms with Gasteiger partial charge in [0.05, 0.1) is 22.7 Å². The lowest BCUT2D eigenvalue weighted by atomic mass is 10.1. The Bertz CT molecular complexity index is 1070. The molecule has 0 radical (unpaired) electrons. The Morgan fingerprint density at radius 2 is 1.71 bits per heavy atom. The molecule has 8 heteroatoms. The van der Waals surface area contributed by atoms with Crippen LogP contribution in [-0.2, 0) is 19.7 Å². The normalized spacial score (nSPS) is 10.7. The first-order chi connectivity index (χ1) is 14.9. The van der Waals surface area contributed by atoms with Crippen molar-refractivity contribution in [3.05, 3.63) is 91.4 Å². The van der Waals surface area contributed by atoms with Crippen LogP contribution in [0.4, 0.5) is 0 Å².